The first-order valence-corrected chi connectivity index (χ1v) is 12.7. The molecule has 5 rings (SSSR count). The van der Waals surface area contributed by atoms with E-state index in [0.717, 1.165) is 36.8 Å². The summed E-state index contributed by atoms with van der Waals surface area (Å²) in [5.41, 5.74) is 6.25. The lowest BCUT2D eigenvalue weighted by Crippen LogP contribution is -2.25. The van der Waals surface area contributed by atoms with Crippen LogP contribution in [0.4, 0.5) is 0 Å². The summed E-state index contributed by atoms with van der Waals surface area (Å²) in [5.74, 6) is 2.91. The van der Waals surface area contributed by atoms with Crippen molar-refractivity contribution in [2.75, 3.05) is 40.0 Å². The predicted molar refractivity (Wildman–Crippen MR) is 142 cm³/mol. The van der Waals surface area contributed by atoms with Crippen molar-refractivity contribution in [3.63, 3.8) is 0 Å². The number of likely N-dealkylation sites (tertiary alicyclic amines) is 1. The molecule has 2 aliphatic heterocycles. The summed E-state index contributed by atoms with van der Waals surface area (Å²) >= 11 is 0. The number of methoxy groups -OCH3 is 1. The first-order chi connectivity index (χ1) is 17.2. The van der Waals surface area contributed by atoms with Crippen molar-refractivity contribution >= 4 is 6.08 Å². The van der Waals surface area contributed by atoms with E-state index < -0.39 is 0 Å². The molecule has 1 saturated heterocycles. The van der Waals surface area contributed by atoms with E-state index in [1.54, 1.807) is 7.11 Å². The summed E-state index contributed by atoms with van der Waals surface area (Å²) < 4.78 is 17.6. The van der Waals surface area contributed by atoms with Gasteiger partial charge >= 0.3 is 0 Å². The lowest BCUT2D eigenvalue weighted by molar-refractivity contribution is 0.238. The van der Waals surface area contributed by atoms with Crippen molar-refractivity contribution in [1.29, 1.82) is 0 Å². The molecule has 0 spiro atoms. The minimum absolute atomic E-state index is 0.133. The normalized spacial score (nSPS) is 19.1. The van der Waals surface area contributed by atoms with Gasteiger partial charge in [0.25, 0.3) is 0 Å². The smallest absolute Gasteiger partial charge is 0.123 e. The summed E-state index contributed by atoms with van der Waals surface area (Å²) in [5, 5.41) is 0. The average molecular weight is 470 g/mol. The maximum atomic E-state index is 6.20. The van der Waals surface area contributed by atoms with E-state index in [0.29, 0.717) is 6.61 Å². The molecule has 35 heavy (non-hydrogen) atoms. The number of benzene rings is 3. The van der Waals surface area contributed by atoms with E-state index in [-0.39, 0.29) is 5.92 Å². The van der Waals surface area contributed by atoms with Crippen molar-refractivity contribution in [1.82, 2.24) is 4.90 Å². The van der Waals surface area contributed by atoms with Crippen molar-refractivity contribution in [3.8, 4) is 17.2 Å². The average Bonchev–Trinajstić information content (AvgIpc) is 3.34. The predicted octanol–water partition coefficient (Wildman–Crippen LogP) is 6.48. The first kappa shape index (κ1) is 23.5. The van der Waals surface area contributed by atoms with E-state index in [4.69, 9.17) is 14.2 Å². The van der Waals surface area contributed by atoms with E-state index in [1.165, 1.54) is 53.8 Å². The van der Waals surface area contributed by atoms with Gasteiger partial charge in [-0.25, -0.2) is 0 Å². The van der Waals surface area contributed by atoms with Crippen molar-refractivity contribution in [2.24, 2.45) is 0 Å². The molecule has 0 aromatic heterocycles. The molecule has 2 aliphatic rings. The highest BCUT2D eigenvalue weighted by atomic mass is 16.5. The minimum Gasteiger partial charge on any atom is -0.497 e. The first-order valence-electron chi connectivity index (χ1n) is 12.7. The summed E-state index contributed by atoms with van der Waals surface area (Å²) in [4.78, 5) is 2.48. The van der Waals surface area contributed by atoms with Gasteiger partial charge in [0.1, 0.15) is 23.9 Å². The largest absolute Gasteiger partial charge is 0.497 e. The van der Waals surface area contributed by atoms with Crippen LogP contribution in [0.25, 0.3) is 6.08 Å². The van der Waals surface area contributed by atoms with E-state index in [2.05, 4.69) is 72.5 Å². The lowest BCUT2D eigenvalue weighted by atomic mass is 9.82. The van der Waals surface area contributed by atoms with Crippen LogP contribution in [-0.4, -0.2) is 44.9 Å². The molecular weight excluding hydrogens is 434 g/mol. The van der Waals surface area contributed by atoms with Crippen LogP contribution < -0.4 is 14.2 Å². The Labute approximate surface area is 209 Å². The summed E-state index contributed by atoms with van der Waals surface area (Å²) in [6, 6.07) is 23.4. The zero-order chi connectivity index (χ0) is 24.0. The monoisotopic (exact) mass is 469 g/mol. The van der Waals surface area contributed by atoms with E-state index in [1.807, 2.05) is 12.1 Å². The van der Waals surface area contributed by atoms with Crippen LogP contribution in [0, 0.1) is 6.92 Å². The molecule has 0 amide bonds. The fourth-order valence-electron chi connectivity index (χ4n) is 5.17. The fraction of sp³-hybridized carbons (Fsp3) is 0.355. The third-order valence-electron chi connectivity index (χ3n) is 7.05. The van der Waals surface area contributed by atoms with Gasteiger partial charge in [-0.05, 0) is 74.3 Å². The maximum absolute atomic E-state index is 6.20. The Morgan fingerprint density at radius 2 is 1.69 bits per heavy atom. The third-order valence-corrected chi connectivity index (χ3v) is 7.05. The van der Waals surface area contributed by atoms with Crippen molar-refractivity contribution in [3.05, 3.63) is 94.6 Å². The number of ether oxygens (including phenoxy) is 3. The van der Waals surface area contributed by atoms with Crippen LogP contribution >= 0.6 is 0 Å². The highest BCUT2D eigenvalue weighted by Crippen LogP contribution is 2.42. The fourth-order valence-corrected chi connectivity index (χ4v) is 5.17. The molecule has 1 atom stereocenters. The molecule has 0 N–H and O–H groups in total. The number of hydrogen-bond acceptors (Lipinski definition) is 4. The van der Waals surface area contributed by atoms with E-state index in [9.17, 15) is 0 Å². The molecule has 0 aliphatic carbocycles. The molecule has 0 saturated carbocycles. The van der Waals surface area contributed by atoms with Gasteiger partial charge in [-0.1, -0.05) is 53.6 Å². The third kappa shape index (κ3) is 5.71. The second-order valence-corrected chi connectivity index (χ2v) is 9.53. The highest BCUT2D eigenvalue weighted by Gasteiger charge is 2.26. The van der Waals surface area contributed by atoms with Gasteiger partial charge in [-0.15, -0.1) is 0 Å². The Morgan fingerprint density at radius 1 is 0.943 bits per heavy atom. The van der Waals surface area contributed by atoms with Crippen LogP contribution in [0.5, 0.6) is 17.2 Å². The molecule has 182 valence electrons. The molecule has 3 aromatic carbocycles. The number of aryl methyl sites for hydroxylation is 1. The Kier molecular flexibility index (Phi) is 7.39. The molecule has 2 heterocycles. The number of hydrogen-bond donors (Lipinski definition) is 0. The van der Waals surface area contributed by atoms with Crippen LogP contribution in [0.3, 0.4) is 0 Å². The molecule has 4 heteroatoms. The highest BCUT2D eigenvalue weighted by molar-refractivity contribution is 5.61. The van der Waals surface area contributed by atoms with Crippen LogP contribution in [0.15, 0.2) is 72.3 Å². The van der Waals surface area contributed by atoms with Gasteiger partial charge in [-0.3, -0.25) is 4.90 Å². The van der Waals surface area contributed by atoms with E-state index >= 15 is 0 Å². The van der Waals surface area contributed by atoms with Crippen LogP contribution in [0.1, 0.15) is 47.4 Å². The second-order valence-electron chi connectivity index (χ2n) is 9.53. The van der Waals surface area contributed by atoms with Gasteiger partial charge < -0.3 is 14.2 Å². The Balaban J connectivity index is 1.43. The SMILES string of the molecule is COc1ccc(/C=C2\CCOc3ccc(C)cc3C2c2ccc(OCCN3CCCC3)cc2)cc1. The Morgan fingerprint density at radius 3 is 2.43 bits per heavy atom. The molecule has 1 unspecified atom stereocenters. The molecule has 4 nitrogen and oxygen atoms in total. The Hall–Kier alpha value is -3.24. The number of fused-ring (bicyclic) bond motifs is 1. The molecule has 0 bridgehead atoms. The standard InChI is InChI=1S/C31H35NO3/c1-23-5-14-30-29(21-23)31(26(15-19-35-30)22-24-6-10-27(33-2)11-7-24)25-8-12-28(13-9-25)34-20-18-32-16-3-4-17-32/h5-14,21-22,31H,3-4,15-20H2,1-2H3/b26-22+. The van der Waals surface area contributed by atoms with Crippen molar-refractivity contribution in [2.45, 2.75) is 32.1 Å². The van der Waals surface area contributed by atoms with Crippen LogP contribution in [-0.2, 0) is 0 Å². The molecule has 3 aromatic rings. The van der Waals surface area contributed by atoms with Gasteiger partial charge in [0.2, 0.25) is 0 Å². The topological polar surface area (TPSA) is 30.9 Å². The zero-order valence-corrected chi connectivity index (χ0v) is 20.8. The van der Waals surface area contributed by atoms with Gasteiger partial charge in [0.15, 0.2) is 0 Å². The van der Waals surface area contributed by atoms with Gasteiger partial charge in [-0.2, -0.15) is 0 Å². The maximum Gasteiger partial charge on any atom is 0.123 e. The van der Waals surface area contributed by atoms with Gasteiger partial charge in [0.05, 0.1) is 13.7 Å². The second kappa shape index (κ2) is 11.0. The number of nitrogens with zero attached hydrogens (tertiary/aromatic N) is 1. The minimum atomic E-state index is 0.133. The van der Waals surface area contributed by atoms with Crippen LogP contribution in [0.2, 0.25) is 0 Å². The quantitative estimate of drug-likeness (QED) is 0.396. The van der Waals surface area contributed by atoms with Gasteiger partial charge in [0, 0.05) is 24.4 Å². The summed E-state index contributed by atoms with van der Waals surface area (Å²) in [7, 11) is 1.70. The molecule has 0 radical (unpaired) electrons. The number of rotatable bonds is 7. The molecule has 1 fully saturated rings. The summed E-state index contributed by atoms with van der Waals surface area (Å²) in [6.07, 6.45) is 5.81. The zero-order valence-electron chi connectivity index (χ0n) is 20.8. The van der Waals surface area contributed by atoms with Crippen molar-refractivity contribution < 1.29 is 14.2 Å². The Bertz CT molecular complexity index is 1140. The molecular formula is C31H35NO3. The lowest BCUT2D eigenvalue weighted by Gasteiger charge is -2.21. The summed E-state index contributed by atoms with van der Waals surface area (Å²) in [6.45, 7) is 6.96.